The normalized spacial score (nSPS) is 10.8. The first kappa shape index (κ1) is 14.7. The summed E-state index contributed by atoms with van der Waals surface area (Å²) in [5.41, 5.74) is 0.919. The van der Waals surface area contributed by atoms with Crippen LogP contribution in [0.1, 0.15) is 10.5 Å². The van der Waals surface area contributed by atoms with Gasteiger partial charge in [-0.3, -0.25) is 0 Å². The van der Waals surface area contributed by atoms with Gasteiger partial charge in [-0.15, -0.1) is 22.7 Å². The van der Waals surface area contributed by atoms with E-state index < -0.39 is 5.97 Å². The molecule has 0 bridgehead atoms. The van der Waals surface area contributed by atoms with Crippen molar-refractivity contribution in [2.24, 2.45) is 0 Å². The minimum absolute atomic E-state index is 0.0712. The lowest BCUT2D eigenvalue weighted by Gasteiger charge is -1.97. The quantitative estimate of drug-likeness (QED) is 0.618. The number of rotatable bonds is 3. The van der Waals surface area contributed by atoms with Gasteiger partial charge in [-0.05, 0) is 27.6 Å². The Balaban J connectivity index is 2.15. The van der Waals surface area contributed by atoms with E-state index in [4.69, 9.17) is 11.6 Å². The van der Waals surface area contributed by atoms with Crippen molar-refractivity contribution in [1.82, 2.24) is 4.98 Å². The second-order valence-electron chi connectivity index (χ2n) is 4.10. The Morgan fingerprint density at radius 1 is 1.24 bits per heavy atom. The second kappa shape index (κ2) is 5.88. The molecule has 3 nitrogen and oxygen atoms in total. The highest BCUT2D eigenvalue weighted by Gasteiger charge is 2.20. The Morgan fingerprint density at radius 3 is 2.52 bits per heavy atom. The van der Waals surface area contributed by atoms with E-state index in [-0.39, 0.29) is 5.69 Å². The molecular weight excluding hydrogens is 394 g/mol. The zero-order valence-corrected chi connectivity index (χ0v) is 14.3. The molecule has 7 heteroatoms. The largest absolute Gasteiger partial charge is 0.476 e. The van der Waals surface area contributed by atoms with Gasteiger partial charge >= 0.3 is 5.97 Å². The van der Waals surface area contributed by atoms with Crippen LogP contribution >= 0.6 is 50.2 Å². The maximum atomic E-state index is 11.4. The van der Waals surface area contributed by atoms with Crippen LogP contribution in [0.5, 0.6) is 0 Å². The van der Waals surface area contributed by atoms with E-state index in [9.17, 15) is 9.90 Å². The molecule has 0 aliphatic heterocycles. The lowest BCUT2D eigenvalue weighted by atomic mass is 10.1. The molecule has 0 saturated heterocycles. The van der Waals surface area contributed by atoms with Gasteiger partial charge in [0, 0.05) is 4.47 Å². The van der Waals surface area contributed by atoms with Gasteiger partial charge in [0.25, 0.3) is 0 Å². The fourth-order valence-corrected chi connectivity index (χ4v) is 4.62. The third kappa shape index (κ3) is 2.89. The first-order valence-corrected chi connectivity index (χ1v) is 8.61. The number of aromatic nitrogens is 1. The van der Waals surface area contributed by atoms with Crippen LogP contribution in [0.4, 0.5) is 0 Å². The molecule has 1 aromatic carbocycles. The van der Waals surface area contributed by atoms with E-state index in [1.807, 2.05) is 36.4 Å². The van der Waals surface area contributed by atoms with Gasteiger partial charge in [0.15, 0.2) is 5.69 Å². The highest BCUT2D eigenvalue weighted by Crippen LogP contribution is 2.42. The maximum Gasteiger partial charge on any atom is 0.356 e. The van der Waals surface area contributed by atoms with E-state index in [0.717, 1.165) is 14.9 Å². The standard InChI is InChI=1S/C14H7BrClNO2S2/c15-8-6-9(20-12(8)16)13-17-10(14(18)19)11(21-13)7-4-2-1-3-5-7/h1-6H,(H,18,19). The topological polar surface area (TPSA) is 50.2 Å². The van der Waals surface area contributed by atoms with E-state index in [1.54, 1.807) is 0 Å². The summed E-state index contributed by atoms with van der Waals surface area (Å²) < 4.78 is 1.41. The van der Waals surface area contributed by atoms with Crippen LogP contribution in [0.2, 0.25) is 4.34 Å². The Labute approximate surface area is 142 Å². The lowest BCUT2D eigenvalue weighted by molar-refractivity contribution is 0.0692. The van der Waals surface area contributed by atoms with Gasteiger partial charge in [0.05, 0.1) is 9.75 Å². The first-order valence-electron chi connectivity index (χ1n) is 5.81. The number of aromatic carboxylic acids is 1. The molecule has 0 saturated carbocycles. The van der Waals surface area contributed by atoms with Crippen molar-refractivity contribution in [3.05, 3.63) is 50.9 Å². The third-order valence-corrected chi connectivity index (χ3v) is 6.47. The number of thiazole rings is 1. The molecule has 0 radical (unpaired) electrons. The number of thiophene rings is 1. The van der Waals surface area contributed by atoms with Gasteiger partial charge in [-0.2, -0.15) is 0 Å². The summed E-state index contributed by atoms with van der Waals surface area (Å²) in [5, 5.41) is 10.0. The number of carboxylic acids is 1. The predicted octanol–water partition coefficient (Wildman–Crippen LogP) is 5.65. The Bertz CT molecular complexity index is 794. The molecule has 1 N–H and O–H groups in total. The number of carboxylic acid groups (broad SMARTS) is 1. The lowest BCUT2D eigenvalue weighted by Crippen LogP contribution is -1.98. The molecule has 0 amide bonds. The van der Waals surface area contributed by atoms with Crippen LogP contribution in [0.15, 0.2) is 40.9 Å². The van der Waals surface area contributed by atoms with Crippen LogP contribution in [0.3, 0.4) is 0 Å². The summed E-state index contributed by atoms with van der Waals surface area (Å²) in [4.78, 5) is 17.2. The molecule has 0 unspecified atom stereocenters. The SMILES string of the molecule is O=C(O)c1nc(-c2cc(Br)c(Cl)s2)sc1-c1ccccc1. The molecule has 106 valence electrons. The first-order chi connectivity index (χ1) is 10.1. The van der Waals surface area contributed by atoms with Gasteiger partial charge in [-0.1, -0.05) is 41.9 Å². The van der Waals surface area contributed by atoms with Crippen molar-refractivity contribution in [2.45, 2.75) is 0 Å². The summed E-state index contributed by atoms with van der Waals surface area (Å²) in [5.74, 6) is -1.03. The zero-order valence-electron chi connectivity index (χ0n) is 10.3. The van der Waals surface area contributed by atoms with Crippen LogP contribution in [-0.4, -0.2) is 16.1 Å². The summed E-state index contributed by atoms with van der Waals surface area (Å²) in [6, 6.07) is 11.2. The summed E-state index contributed by atoms with van der Waals surface area (Å²) in [6.07, 6.45) is 0. The van der Waals surface area contributed by atoms with Crippen molar-refractivity contribution in [2.75, 3.05) is 0 Å². The Hall–Kier alpha value is -1.21. The number of hydrogen-bond acceptors (Lipinski definition) is 4. The van der Waals surface area contributed by atoms with Crippen LogP contribution < -0.4 is 0 Å². The van der Waals surface area contributed by atoms with Gasteiger partial charge < -0.3 is 5.11 Å². The van der Waals surface area contributed by atoms with E-state index in [2.05, 4.69) is 20.9 Å². The average molecular weight is 401 g/mol. The van der Waals surface area contributed by atoms with Gasteiger partial charge in [0.2, 0.25) is 0 Å². The van der Waals surface area contributed by atoms with Crippen molar-refractivity contribution < 1.29 is 9.90 Å². The molecule has 2 aromatic heterocycles. The fraction of sp³-hybridized carbons (Fsp3) is 0. The van der Waals surface area contributed by atoms with Crippen molar-refractivity contribution in [1.29, 1.82) is 0 Å². The van der Waals surface area contributed by atoms with E-state index in [0.29, 0.717) is 14.2 Å². The minimum atomic E-state index is -1.03. The van der Waals surface area contributed by atoms with Crippen LogP contribution in [0, 0.1) is 0 Å². The molecule has 0 atom stereocenters. The Kier molecular flexibility index (Phi) is 4.12. The summed E-state index contributed by atoms with van der Waals surface area (Å²) >= 11 is 12.1. The summed E-state index contributed by atoms with van der Waals surface area (Å²) in [7, 11) is 0. The third-order valence-electron chi connectivity index (χ3n) is 2.72. The van der Waals surface area contributed by atoms with Gasteiger partial charge in [0.1, 0.15) is 9.34 Å². The molecule has 0 aliphatic rings. The summed E-state index contributed by atoms with van der Waals surface area (Å²) in [6.45, 7) is 0. The molecule has 21 heavy (non-hydrogen) atoms. The van der Waals surface area contributed by atoms with Crippen molar-refractivity contribution >= 4 is 56.2 Å². The number of halogens is 2. The van der Waals surface area contributed by atoms with Crippen LogP contribution in [-0.2, 0) is 0 Å². The molecule has 3 aromatic rings. The fourth-order valence-electron chi connectivity index (χ4n) is 1.81. The number of benzene rings is 1. The molecule has 3 rings (SSSR count). The molecular formula is C14H7BrClNO2S2. The maximum absolute atomic E-state index is 11.4. The van der Waals surface area contributed by atoms with E-state index >= 15 is 0 Å². The number of hydrogen-bond donors (Lipinski definition) is 1. The van der Waals surface area contributed by atoms with Crippen molar-refractivity contribution in [3.8, 4) is 20.3 Å². The van der Waals surface area contributed by atoms with E-state index in [1.165, 1.54) is 22.7 Å². The number of carbonyl (C=O) groups is 1. The Morgan fingerprint density at radius 2 is 1.95 bits per heavy atom. The second-order valence-corrected chi connectivity index (χ2v) is 7.61. The average Bonchev–Trinajstić information content (AvgIpc) is 3.05. The zero-order chi connectivity index (χ0) is 15.0. The smallest absolute Gasteiger partial charge is 0.356 e. The highest BCUT2D eigenvalue weighted by atomic mass is 79.9. The van der Waals surface area contributed by atoms with Crippen molar-refractivity contribution in [3.63, 3.8) is 0 Å². The number of nitrogens with zero attached hydrogens (tertiary/aromatic N) is 1. The monoisotopic (exact) mass is 399 g/mol. The molecule has 0 spiro atoms. The highest BCUT2D eigenvalue weighted by molar-refractivity contribution is 9.10. The molecule has 0 fully saturated rings. The predicted molar refractivity (Wildman–Crippen MR) is 90.5 cm³/mol. The van der Waals surface area contributed by atoms with Crippen LogP contribution in [0.25, 0.3) is 20.3 Å². The minimum Gasteiger partial charge on any atom is -0.476 e. The molecule has 2 heterocycles. The van der Waals surface area contributed by atoms with Gasteiger partial charge in [-0.25, -0.2) is 9.78 Å². The molecule has 0 aliphatic carbocycles.